The Hall–Kier alpha value is -1.31. The zero-order chi connectivity index (χ0) is 14.4. The summed E-state index contributed by atoms with van der Waals surface area (Å²) in [6.07, 6.45) is -4.64. The Balaban J connectivity index is 1.73. The molecule has 1 aliphatic rings. The molecule has 1 unspecified atom stereocenters. The van der Waals surface area contributed by atoms with Crippen LogP contribution in [0.1, 0.15) is 5.56 Å². The lowest BCUT2D eigenvalue weighted by molar-refractivity contribution is -0.274. The van der Waals surface area contributed by atoms with Crippen LogP contribution in [0.5, 0.6) is 5.75 Å². The van der Waals surface area contributed by atoms with E-state index in [-0.39, 0.29) is 11.9 Å². The lowest BCUT2D eigenvalue weighted by Gasteiger charge is -2.23. The van der Waals surface area contributed by atoms with Crippen molar-refractivity contribution in [3.63, 3.8) is 0 Å². The third-order valence-electron chi connectivity index (χ3n) is 2.73. The zero-order valence-electron chi connectivity index (χ0n) is 10.8. The number of hydrogen-bond donors (Lipinski definition) is 1. The van der Waals surface area contributed by atoms with E-state index in [4.69, 9.17) is 9.47 Å². The van der Waals surface area contributed by atoms with Crippen molar-refractivity contribution >= 4 is 0 Å². The van der Waals surface area contributed by atoms with Crippen molar-refractivity contribution in [1.29, 1.82) is 0 Å². The van der Waals surface area contributed by atoms with Crippen LogP contribution in [0.15, 0.2) is 24.3 Å². The molecular weight excluding hydrogens is 275 g/mol. The third kappa shape index (κ3) is 5.36. The molecule has 0 radical (unpaired) electrons. The van der Waals surface area contributed by atoms with E-state index >= 15 is 0 Å². The lowest BCUT2D eigenvalue weighted by Crippen LogP contribution is -2.40. The first kappa shape index (κ1) is 15.1. The number of alkyl halides is 3. The molecule has 0 spiro atoms. The Labute approximate surface area is 114 Å². The summed E-state index contributed by atoms with van der Waals surface area (Å²) in [5, 5.41) is 3.18. The van der Waals surface area contributed by atoms with Crippen molar-refractivity contribution in [1.82, 2.24) is 5.32 Å². The van der Waals surface area contributed by atoms with Crippen LogP contribution in [-0.2, 0) is 16.1 Å². The maximum absolute atomic E-state index is 12.0. The number of benzene rings is 1. The van der Waals surface area contributed by atoms with Gasteiger partial charge in [-0.2, -0.15) is 0 Å². The first-order valence-corrected chi connectivity index (χ1v) is 6.28. The molecule has 1 fully saturated rings. The van der Waals surface area contributed by atoms with Crippen molar-refractivity contribution in [3.8, 4) is 5.75 Å². The van der Waals surface area contributed by atoms with Gasteiger partial charge in [0.1, 0.15) is 5.75 Å². The summed E-state index contributed by atoms with van der Waals surface area (Å²) in [5.74, 6) is -0.235. The molecule has 0 saturated carbocycles. The Morgan fingerprint density at radius 1 is 1.25 bits per heavy atom. The summed E-state index contributed by atoms with van der Waals surface area (Å²) in [7, 11) is 0. The second-order valence-electron chi connectivity index (χ2n) is 4.40. The minimum atomic E-state index is -4.66. The quantitative estimate of drug-likeness (QED) is 0.902. The maximum Gasteiger partial charge on any atom is 0.573 e. The van der Waals surface area contributed by atoms with Crippen LogP contribution in [0.2, 0.25) is 0 Å². The van der Waals surface area contributed by atoms with Crippen molar-refractivity contribution in [3.05, 3.63) is 29.8 Å². The van der Waals surface area contributed by atoms with E-state index < -0.39 is 6.36 Å². The number of morpholine rings is 1. The van der Waals surface area contributed by atoms with Crippen molar-refractivity contribution in [2.24, 2.45) is 0 Å². The second kappa shape index (κ2) is 6.92. The molecule has 1 aromatic carbocycles. The molecule has 112 valence electrons. The van der Waals surface area contributed by atoms with Crippen LogP contribution < -0.4 is 10.1 Å². The predicted octanol–water partition coefficient (Wildman–Crippen LogP) is 2.09. The van der Waals surface area contributed by atoms with Gasteiger partial charge in [-0.1, -0.05) is 12.1 Å². The minimum Gasteiger partial charge on any atom is -0.406 e. The average Bonchev–Trinajstić information content (AvgIpc) is 2.40. The normalized spacial score (nSPS) is 19.9. The molecule has 1 saturated heterocycles. The Bertz CT molecular complexity index is 402. The summed E-state index contributed by atoms with van der Waals surface area (Å²) in [4.78, 5) is 0. The molecule has 0 aromatic heterocycles. The first-order chi connectivity index (χ1) is 9.53. The van der Waals surface area contributed by atoms with Crippen molar-refractivity contribution < 1.29 is 27.4 Å². The SMILES string of the molecule is FC(F)(F)Oc1ccc(COCC2CNCCO2)cc1. The van der Waals surface area contributed by atoms with Gasteiger partial charge in [-0.25, -0.2) is 0 Å². The highest BCUT2D eigenvalue weighted by atomic mass is 19.4. The van der Waals surface area contributed by atoms with Gasteiger partial charge in [0, 0.05) is 13.1 Å². The molecule has 0 aliphatic carbocycles. The maximum atomic E-state index is 12.0. The molecule has 1 aromatic rings. The van der Waals surface area contributed by atoms with Gasteiger partial charge in [0.15, 0.2) is 0 Å². The molecule has 20 heavy (non-hydrogen) atoms. The molecule has 1 aliphatic heterocycles. The third-order valence-corrected chi connectivity index (χ3v) is 2.73. The van der Waals surface area contributed by atoms with Gasteiger partial charge >= 0.3 is 6.36 Å². The van der Waals surface area contributed by atoms with E-state index in [9.17, 15) is 13.2 Å². The van der Waals surface area contributed by atoms with Crippen molar-refractivity contribution in [2.75, 3.05) is 26.3 Å². The van der Waals surface area contributed by atoms with E-state index in [1.807, 2.05) is 0 Å². The predicted molar refractivity (Wildman–Crippen MR) is 65.4 cm³/mol. The van der Waals surface area contributed by atoms with Crippen LogP contribution in [-0.4, -0.2) is 38.8 Å². The molecule has 0 amide bonds. The van der Waals surface area contributed by atoms with E-state index in [1.54, 1.807) is 12.1 Å². The highest BCUT2D eigenvalue weighted by molar-refractivity contribution is 5.27. The zero-order valence-corrected chi connectivity index (χ0v) is 10.8. The van der Waals surface area contributed by atoms with E-state index in [1.165, 1.54) is 12.1 Å². The van der Waals surface area contributed by atoms with Gasteiger partial charge in [-0.3, -0.25) is 0 Å². The number of halogens is 3. The molecular formula is C13H16F3NO3. The summed E-state index contributed by atoms with van der Waals surface area (Å²) in [6.45, 7) is 3.03. The van der Waals surface area contributed by atoms with Gasteiger partial charge in [-0.05, 0) is 17.7 Å². The molecule has 7 heteroatoms. The first-order valence-electron chi connectivity index (χ1n) is 6.28. The second-order valence-corrected chi connectivity index (χ2v) is 4.40. The Morgan fingerprint density at radius 3 is 2.60 bits per heavy atom. The van der Waals surface area contributed by atoms with Gasteiger partial charge in [-0.15, -0.1) is 13.2 Å². The van der Waals surface area contributed by atoms with Crippen LogP contribution >= 0.6 is 0 Å². The highest BCUT2D eigenvalue weighted by Crippen LogP contribution is 2.22. The number of hydrogen-bond acceptors (Lipinski definition) is 4. The smallest absolute Gasteiger partial charge is 0.406 e. The Morgan fingerprint density at radius 2 is 2.00 bits per heavy atom. The van der Waals surface area contributed by atoms with Crippen LogP contribution in [0.25, 0.3) is 0 Å². The minimum absolute atomic E-state index is 0.0246. The molecule has 0 bridgehead atoms. The van der Waals surface area contributed by atoms with Crippen molar-refractivity contribution in [2.45, 2.75) is 19.1 Å². The molecule has 1 heterocycles. The largest absolute Gasteiger partial charge is 0.573 e. The molecule has 1 N–H and O–H groups in total. The fourth-order valence-electron chi connectivity index (χ4n) is 1.82. The summed E-state index contributed by atoms with van der Waals surface area (Å²) < 4.78 is 50.7. The number of rotatable bonds is 5. The van der Waals surface area contributed by atoms with Gasteiger partial charge in [0.25, 0.3) is 0 Å². The number of ether oxygens (including phenoxy) is 3. The van der Waals surface area contributed by atoms with Crippen LogP contribution in [0.3, 0.4) is 0 Å². The van der Waals surface area contributed by atoms with E-state index in [0.29, 0.717) is 19.8 Å². The van der Waals surface area contributed by atoms with Crippen LogP contribution in [0, 0.1) is 0 Å². The molecule has 2 rings (SSSR count). The topological polar surface area (TPSA) is 39.7 Å². The van der Waals surface area contributed by atoms with Gasteiger partial charge in [0.2, 0.25) is 0 Å². The lowest BCUT2D eigenvalue weighted by atomic mass is 10.2. The van der Waals surface area contributed by atoms with Gasteiger partial charge < -0.3 is 19.5 Å². The number of nitrogens with one attached hydrogen (secondary N) is 1. The van der Waals surface area contributed by atoms with Gasteiger partial charge in [0.05, 0.1) is 25.9 Å². The molecule has 4 nitrogen and oxygen atoms in total. The standard InChI is InChI=1S/C13H16F3NO3/c14-13(15,16)20-11-3-1-10(2-4-11)8-18-9-12-7-17-5-6-19-12/h1-4,12,17H,5-9H2. The monoisotopic (exact) mass is 291 g/mol. The summed E-state index contributed by atoms with van der Waals surface area (Å²) in [6, 6.07) is 5.62. The average molecular weight is 291 g/mol. The fraction of sp³-hybridized carbons (Fsp3) is 0.538. The Kier molecular flexibility index (Phi) is 5.22. The van der Waals surface area contributed by atoms with Crippen LogP contribution in [0.4, 0.5) is 13.2 Å². The van der Waals surface area contributed by atoms with E-state index in [2.05, 4.69) is 10.1 Å². The summed E-state index contributed by atoms with van der Waals surface area (Å²) >= 11 is 0. The fourth-order valence-corrected chi connectivity index (χ4v) is 1.82. The van der Waals surface area contributed by atoms with E-state index in [0.717, 1.165) is 18.7 Å². The molecule has 1 atom stereocenters. The highest BCUT2D eigenvalue weighted by Gasteiger charge is 2.30. The summed E-state index contributed by atoms with van der Waals surface area (Å²) in [5.41, 5.74) is 0.781.